The molecule has 4 aromatic carbocycles. The quantitative estimate of drug-likeness (QED) is 0.555. The molecule has 0 saturated heterocycles. The van der Waals surface area contributed by atoms with E-state index in [1.54, 1.807) is 24.3 Å². The lowest BCUT2D eigenvalue weighted by molar-refractivity contribution is 0.1000. The third-order valence-electron chi connectivity index (χ3n) is 4.58. The van der Waals surface area contributed by atoms with Gasteiger partial charge in [0.1, 0.15) is 6.10 Å². The smallest absolute Gasteiger partial charge is 0.248 e. The highest BCUT2D eigenvalue weighted by molar-refractivity contribution is 6.09. The molecule has 4 rings (SSSR count). The first-order valence-electron chi connectivity index (χ1n) is 8.13. The molecule has 0 saturated carbocycles. The lowest BCUT2D eigenvalue weighted by atomic mass is 9.91. The van der Waals surface area contributed by atoms with Gasteiger partial charge in [-0.15, -0.1) is 0 Å². The Hall–Kier alpha value is -3.17. The fourth-order valence-electron chi connectivity index (χ4n) is 3.35. The van der Waals surface area contributed by atoms with Gasteiger partial charge in [0.05, 0.1) is 0 Å². The number of carbonyl (C=O) groups is 1. The van der Waals surface area contributed by atoms with E-state index in [0.29, 0.717) is 11.1 Å². The van der Waals surface area contributed by atoms with Crippen molar-refractivity contribution in [3.05, 3.63) is 95.6 Å². The number of hydrogen-bond donors (Lipinski definition) is 2. The van der Waals surface area contributed by atoms with Crippen molar-refractivity contribution < 1.29 is 9.90 Å². The predicted molar refractivity (Wildman–Crippen MR) is 100 cm³/mol. The van der Waals surface area contributed by atoms with Crippen LogP contribution in [0.4, 0.5) is 0 Å². The third-order valence-corrected chi connectivity index (χ3v) is 4.58. The van der Waals surface area contributed by atoms with Gasteiger partial charge >= 0.3 is 0 Å². The molecule has 0 spiro atoms. The van der Waals surface area contributed by atoms with Gasteiger partial charge < -0.3 is 10.8 Å². The van der Waals surface area contributed by atoms with E-state index in [4.69, 9.17) is 5.73 Å². The number of aliphatic hydroxyl groups is 1. The van der Waals surface area contributed by atoms with Crippen LogP contribution in [-0.4, -0.2) is 11.0 Å². The minimum atomic E-state index is -0.839. The molecular weight excluding hydrogens is 310 g/mol. The van der Waals surface area contributed by atoms with Crippen LogP contribution in [0, 0.1) is 0 Å². The van der Waals surface area contributed by atoms with Gasteiger partial charge in [0.25, 0.3) is 0 Å². The van der Waals surface area contributed by atoms with Crippen molar-refractivity contribution in [2.45, 2.75) is 6.10 Å². The maximum Gasteiger partial charge on any atom is 0.248 e. The van der Waals surface area contributed by atoms with Crippen molar-refractivity contribution in [2.75, 3.05) is 0 Å². The molecule has 0 aliphatic rings. The maximum absolute atomic E-state index is 11.4. The van der Waals surface area contributed by atoms with Gasteiger partial charge in [-0.2, -0.15) is 0 Å². The molecule has 4 aromatic rings. The first-order chi connectivity index (χ1) is 12.1. The Morgan fingerprint density at radius 3 is 2.24 bits per heavy atom. The number of nitrogens with two attached hydrogens (primary N) is 1. The Labute approximate surface area is 145 Å². The van der Waals surface area contributed by atoms with Crippen molar-refractivity contribution in [1.29, 1.82) is 0 Å². The van der Waals surface area contributed by atoms with E-state index in [0.717, 1.165) is 27.1 Å². The predicted octanol–water partition coefficient (Wildman–Crippen LogP) is 4.17. The topological polar surface area (TPSA) is 63.3 Å². The van der Waals surface area contributed by atoms with E-state index in [2.05, 4.69) is 12.1 Å². The molecule has 0 aromatic heterocycles. The SMILES string of the molecule is NC(=O)c1cccc(C(O)c2cc3ccccc3c3ccccc23)c1. The van der Waals surface area contributed by atoms with E-state index >= 15 is 0 Å². The van der Waals surface area contributed by atoms with Gasteiger partial charge in [-0.25, -0.2) is 0 Å². The van der Waals surface area contributed by atoms with Gasteiger partial charge in [-0.1, -0.05) is 60.7 Å². The Kier molecular flexibility index (Phi) is 3.71. The summed E-state index contributed by atoms with van der Waals surface area (Å²) < 4.78 is 0. The van der Waals surface area contributed by atoms with E-state index in [9.17, 15) is 9.90 Å². The molecular formula is C22H17NO2. The molecule has 0 aliphatic heterocycles. The second kappa shape index (κ2) is 6.04. The molecule has 3 N–H and O–H groups in total. The number of primary amides is 1. The van der Waals surface area contributed by atoms with Crippen molar-refractivity contribution in [1.82, 2.24) is 0 Å². The van der Waals surface area contributed by atoms with Crippen LogP contribution in [0.25, 0.3) is 21.5 Å². The summed E-state index contributed by atoms with van der Waals surface area (Å²) in [6, 6.07) is 25.0. The van der Waals surface area contributed by atoms with Crippen LogP contribution >= 0.6 is 0 Å². The van der Waals surface area contributed by atoms with Gasteiger partial charge in [0.15, 0.2) is 0 Å². The van der Waals surface area contributed by atoms with E-state index in [1.165, 1.54) is 0 Å². The standard InChI is InChI=1S/C22H17NO2/c23-22(25)16-8-5-7-15(12-16)21(24)20-13-14-6-1-2-9-17(14)18-10-3-4-11-19(18)20/h1-13,21,24H,(H2,23,25). The second-order valence-electron chi connectivity index (χ2n) is 6.12. The molecule has 0 bridgehead atoms. The normalized spacial score (nSPS) is 12.4. The summed E-state index contributed by atoms with van der Waals surface area (Å²) >= 11 is 0. The van der Waals surface area contributed by atoms with E-state index < -0.39 is 12.0 Å². The van der Waals surface area contributed by atoms with E-state index in [-0.39, 0.29) is 0 Å². The highest BCUT2D eigenvalue weighted by atomic mass is 16.3. The average Bonchev–Trinajstić information content (AvgIpc) is 2.67. The van der Waals surface area contributed by atoms with Crippen LogP contribution in [0.3, 0.4) is 0 Å². The zero-order valence-electron chi connectivity index (χ0n) is 13.5. The molecule has 1 unspecified atom stereocenters. The number of hydrogen-bond acceptors (Lipinski definition) is 2. The summed E-state index contributed by atoms with van der Waals surface area (Å²) in [4.78, 5) is 11.4. The van der Waals surface area contributed by atoms with Crippen LogP contribution in [0.15, 0.2) is 78.9 Å². The highest BCUT2D eigenvalue weighted by Crippen LogP contribution is 2.34. The van der Waals surface area contributed by atoms with Crippen LogP contribution < -0.4 is 5.73 Å². The van der Waals surface area contributed by atoms with Gasteiger partial charge in [-0.05, 0) is 50.9 Å². The molecule has 122 valence electrons. The Morgan fingerprint density at radius 2 is 1.48 bits per heavy atom. The van der Waals surface area contributed by atoms with Crippen LogP contribution in [0.1, 0.15) is 27.6 Å². The summed E-state index contributed by atoms with van der Waals surface area (Å²) in [6.45, 7) is 0. The van der Waals surface area contributed by atoms with Gasteiger partial charge in [-0.3, -0.25) is 4.79 Å². The Balaban J connectivity index is 1.96. The van der Waals surface area contributed by atoms with Gasteiger partial charge in [0, 0.05) is 5.56 Å². The summed E-state index contributed by atoms with van der Waals surface area (Å²) in [7, 11) is 0. The Morgan fingerprint density at radius 1 is 0.800 bits per heavy atom. The van der Waals surface area contributed by atoms with Crippen LogP contribution in [-0.2, 0) is 0 Å². The first kappa shape index (κ1) is 15.4. The van der Waals surface area contributed by atoms with Crippen molar-refractivity contribution in [3.63, 3.8) is 0 Å². The fourth-order valence-corrected chi connectivity index (χ4v) is 3.35. The van der Waals surface area contributed by atoms with Crippen LogP contribution in [0.5, 0.6) is 0 Å². The molecule has 1 atom stereocenters. The van der Waals surface area contributed by atoms with Gasteiger partial charge in [0.2, 0.25) is 5.91 Å². The summed E-state index contributed by atoms with van der Waals surface area (Å²) in [5, 5.41) is 15.3. The largest absolute Gasteiger partial charge is 0.384 e. The lowest BCUT2D eigenvalue weighted by Crippen LogP contribution is -2.12. The summed E-state index contributed by atoms with van der Waals surface area (Å²) in [5.74, 6) is -0.502. The van der Waals surface area contributed by atoms with Crippen molar-refractivity contribution in [3.8, 4) is 0 Å². The molecule has 0 aliphatic carbocycles. The first-order valence-corrected chi connectivity index (χ1v) is 8.13. The summed E-state index contributed by atoms with van der Waals surface area (Å²) in [5.41, 5.74) is 7.22. The lowest BCUT2D eigenvalue weighted by Gasteiger charge is -2.17. The number of aliphatic hydroxyl groups excluding tert-OH is 1. The molecule has 0 fully saturated rings. The number of fused-ring (bicyclic) bond motifs is 3. The van der Waals surface area contributed by atoms with Crippen LogP contribution in [0.2, 0.25) is 0 Å². The number of amides is 1. The second-order valence-corrected chi connectivity index (χ2v) is 6.12. The van der Waals surface area contributed by atoms with Crippen molar-refractivity contribution in [2.24, 2.45) is 5.73 Å². The minimum absolute atomic E-state index is 0.390. The highest BCUT2D eigenvalue weighted by Gasteiger charge is 2.16. The molecule has 1 amide bonds. The summed E-state index contributed by atoms with van der Waals surface area (Å²) in [6.07, 6.45) is -0.839. The zero-order valence-corrected chi connectivity index (χ0v) is 13.5. The monoisotopic (exact) mass is 327 g/mol. The molecule has 0 radical (unpaired) electrons. The Bertz CT molecular complexity index is 1100. The molecule has 3 heteroatoms. The number of rotatable bonds is 3. The van der Waals surface area contributed by atoms with E-state index in [1.807, 2.05) is 42.5 Å². The maximum atomic E-state index is 11.4. The minimum Gasteiger partial charge on any atom is -0.384 e. The molecule has 0 heterocycles. The average molecular weight is 327 g/mol. The third kappa shape index (κ3) is 2.65. The number of benzene rings is 4. The van der Waals surface area contributed by atoms with Crippen molar-refractivity contribution >= 4 is 27.5 Å². The fraction of sp³-hybridized carbons (Fsp3) is 0.0455. The zero-order chi connectivity index (χ0) is 17.4. The molecule has 3 nitrogen and oxygen atoms in total. The molecule has 25 heavy (non-hydrogen) atoms. The number of carbonyl (C=O) groups excluding carboxylic acids is 1.